The van der Waals surface area contributed by atoms with Gasteiger partial charge in [-0.1, -0.05) is 6.07 Å². The number of unbranched alkanes of at least 4 members (excludes halogenated alkanes) is 1. The first kappa shape index (κ1) is 14.3. The number of aliphatic hydroxyl groups excluding tert-OH is 1. The van der Waals surface area contributed by atoms with Crippen molar-refractivity contribution in [2.45, 2.75) is 25.7 Å². The Hall–Kier alpha value is -1.75. The van der Waals surface area contributed by atoms with Crippen molar-refractivity contribution in [3.63, 3.8) is 0 Å². The standard InChI is InChI=1S/C13H18O5/c14-7-8-18-13(17)4-2-1-3-10-5-6-11(15)9-12(10)16/h5-6,9,14-16H,1-4,7-8H2. The number of phenols is 2. The van der Waals surface area contributed by atoms with Crippen molar-refractivity contribution in [1.29, 1.82) is 0 Å². The quantitative estimate of drug-likeness (QED) is 0.505. The van der Waals surface area contributed by atoms with E-state index in [0.717, 1.165) is 12.0 Å². The molecule has 18 heavy (non-hydrogen) atoms. The van der Waals surface area contributed by atoms with Gasteiger partial charge < -0.3 is 20.1 Å². The van der Waals surface area contributed by atoms with E-state index in [0.29, 0.717) is 19.3 Å². The lowest BCUT2D eigenvalue weighted by molar-refractivity contribution is -0.144. The topological polar surface area (TPSA) is 87.0 Å². The fourth-order valence-electron chi connectivity index (χ4n) is 1.58. The monoisotopic (exact) mass is 254 g/mol. The van der Waals surface area contributed by atoms with E-state index >= 15 is 0 Å². The molecule has 5 nitrogen and oxygen atoms in total. The highest BCUT2D eigenvalue weighted by atomic mass is 16.5. The van der Waals surface area contributed by atoms with E-state index in [1.54, 1.807) is 6.07 Å². The maximum absolute atomic E-state index is 11.1. The Balaban J connectivity index is 2.23. The normalized spacial score (nSPS) is 10.3. The second-order valence-electron chi connectivity index (χ2n) is 3.96. The van der Waals surface area contributed by atoms with Gasteiger partial charge in [0.25, 0.3) is 0 Å². The van der Waals surface area contributed by atoms with Gasteiger partial charge in [0.05, 0.1) is 6.61 Å². The zero-order valence-corrected chi connectivity index (χ0v) is 10.1. The van der Waals surface area contributed by atoms with Gasteiger partial charge in [0.15, 0.2) is 0 Å². The summed E-state index contributed by atoms with van der Waals surface area (Å²) in [5.74, 6) is -0.222. The van der Waals surface area contributed by atoms with Crippen LogP contribution < -0.4 is 0 Å². The highest BCUT2D eigenvalue weighted by molar-refractivity contribution is 5.69. The average Bonchev–Trinajstić information content (AvgIpc) is 2.34. The zero-order chi connectivity index (χ0) is 13.4. The maximum Gasteiger partial charge on any atom is 0.305 e. The second-order valence-corrected chi connectivity index (χ2v) is 3.96. The number of benzene rings is 1. The third-order valence-electron chi connectivity index (χ3n) is 2.50. The van der Waals surface area contributed by atoms with Gasteiger partial charge in [-0.2, -0.15) is 0 Å². The number of phenolic OH excluding ortho intramolecular Hbond substituents is 2. The second kappa shape index (κ2) is 7.55. The zero-order valence-electron chi connectivity index (χ0n) is 10.1. The average molecular weight is 254 g/mol. The minimum atomic E-state index is -0.320. The highest BCUT2D eigenvalue weighted by Crippen LogP contribution is 2.24. The van der Waals surface area contributed by atoms with Crippen molar-refractivity contribution in [3.8, 4) is 11.5 Å². The van der Waals surface area contributed by atoms with Crippen LogP contribution >= 0.6 is 0 Å². The lowest BCUT2D eigenvalue weighted by atomic mass is 10.1. The van der Waals surface area contributed by atoms with Crippen molar-refractivity contribution >= 4 is 5.97 Å². The molecule has 0 bridgehead atoms. The van der Waals surface area contributed by atoms with E-state index < -0.39 is 0 Å². The van der Waals surface area contributed by atoms with Crippen LogP contribution in [0, 0.1) is 0 Å². The molecular formula is C13H18O5. The van der Waals surface area contributed by atoms with Crippen LogP contribution in [0.4, 0.5) is 0 Å². The Labute approximate surface area is 106 Å². The van der Waals surface area contributed by atoms with Crippen LogP contribution in [0.2, 0.25) is 0 Å². The van der Waals surface area contributed by atoms with Crippen LogP contribution in [0.3, 0.4) is 0 Å². The minimum Gasteiger partial charge on any atom is -0.508 e. The van der Waals surface area contributed by atoms with E-state index in [1.807, 2.05) is 0 Å². The van der Waals surface area contributed by atoms with Crippen molar-refractivity contribution < 1.29 is 24.9 Å². The number of aromatic hydroxyl groups is 2. The van der Waals surface area contributed by atoms with Crippen molar-refractivity contribution in [2.24, 2.45) is 0 Å². The Bertz CT molecular complexity index is 389. The van der Waals surface area contributed by atoms with Crippen molar-refractivity contribution in [3.05, 3.63) is 23.8 Å². The van der Waals surface area contributed by atoms with Crippen LogP contribution in [0.15, 0.2) is 18.2 Å². The molecule has 0 heterocycles. The molecule has 1 rings (SSSR count). The molecule has 0 spiro atoms. The number of carbonyl (C=O) groups is 1. The molecule has 0 saturated heterocycles. The fraction of sp³-hybridized carbons (Fsp3) is 0.462. The summed E-state index contributed by atoms with van der Waals surface area (Å²) >= 11 is 0. The van der Waals surface area contributed by atoms with Gasteiger partial charge in [-0.05, 0) is 30.9 Å². The van der Waals surface area contributed by atoms with Crippen molar-refractivity contribution in [2.75, 3.05) is 13.2 Å². The molecule has 0 aliphatic heterocycles. The molecule has 0 unspecified atom stereocenters. The number of ether oxygens (including phenoxy) is 1. The molecule has 0 aliphatic carbocycles. The first-order valence-corrected chi connectivity index (χ1v) is 5.91. The van der Waals surface area contributed by atoms with E-state index in [4.69, 9.17) is 14.9 Å². The summed E-state index contributed by atoms with van der Waals surface area (Å²) in [6.45, 7) is -0.120. The van der Waals surface area contributed by atoms with Gasteiger partial charge in [-0.15, -0.1) is 0 Å². The molecule has 0 saturated carbocycles. The van der Waals surface area contributed by atoms with E-state index in [-0.39, 0.29) is 30.7 Å². The van der Waals surface area contributed by atoms with Gasteiger partial charge in [0, 0.05) is 12.5 Å². The van der Waals surface area contributed by atoms with Gasteiger partial charge in [-0.3, -0.25) is 4.79 Å². The molecule has 100 valence electrons. The van der Waals surface area contributed by atoms with E-state index in [2.05, 4.69) is 0 Å². The third-order valence-corrected chi connectivity index (χ3v) is 2.50. The molecule has 0 amide bonds. The predicted molar refractivity (Wildman–Crippen MR) is 65.4 cm³/mol. The molecular weight excluding hydrogens is 236 g/mol. The molecule has 0 aromatic heterocycles. The van der Waals surface area contributed by atoms with Crippen LogP contribution in [0.1, 0.15) is 24.8 Å². The number of aryl methyl sites for hydroxylation is 1. The van der Waals surface area contributed by atoms with Crippen molar-refractivity contribution in [1.82, 2.24) is 0 Å². The largest absolute Gasteiger partial charge is 0.508 e. The van der Waals surface area contributed by atoms with Gasteiger partial charge >= 0.3 is 5.97 Å². The number of rotatable bonds is 7. The third kappa shape index (κ3) is 5.05. The molecule has 0 fully saturated rings. The fourth-order valence-corrected chi connectivity index (χ4v) is 1.58. The molecule has 1 aromatic carbocycles. The molecule has 0 atom stereocenters. The molecule has 0 radical (unpaired) electrons. The molecule has 0 aliphatic rings. The Morgan fingerprint density at radius 1 is 1.22 bits per heavy atom. The Kier molecular flexibility index (Phi) is 6.00. The van der Waals surface area contributed by atoms with E-state index in [1.165, 1.54) is 12.1 Å². The smallest absolute Gasteiger partial charge is 0.305 e. The van der Waals surface area contributed by atoms with E-state index in [9.17, 15) is 9.90 Å². The number of carbonyl (C=O) groups excluding carboxylic acids is 1. The molecule has 1 aromatic rings. The van der Waals surface area contributed by atoms with Crippen LogP contribution in [0.5, 0.6) is 11.5 Å². The molecule has 5 heteroatoms. The number of aliphatic hydroxyl groups is 1. The Morgan fingerprint density at radius 2 is 2.00 bits per heavy atom. The first-order chi connectivity index (χ1) is 8.63. The summed E-state index contributed by atoms with van der Waals surface area (Å²) in [5, 5.41) is 27.1. The predicted octanol–water partition coefficient (Wildman–Crippen LogP) is 1.35. The summed E-state index contributed by atoms with van der Waals surface area (Å²) in [5.41, 5.74) is 0.747. The van der Waals surface area contributed by atoms with Gasteiger partial charge in [0.1, 0.15) is 18.1 Å². The highest BCUT2D eigenvalue weighted by Gasteiger charge is 2.05. The number of esters is 1. The summed E-state index contributed by atoms with van der Waals surface area (Å²) in [6, 6.07) is 4.48. The molecule has 3 N–H and O–H groups in total. The number of hydrogen-bond acceptors (Lipinski definition) is 5. The Morgan fingerprint density at radius 3 is 2.67 bits per heavy atom. The lowest BCUT2D eigenvalue weighted by Gasteiger charge is -2.05. The van der Waals surface area contributed by atoms with Gasteiger partial charge in [-0.25, -0.2) is 0 Å². The summed E-state index contributed by atoms with van der Waals surface area (Å²) in [4.78, 5) is 11.1. The SMILES string of the molecule is O=C(CCCCc1ccc(O)cc1O)OCCO. The van der Waals surface area contributed by atoms with Gasteiger partial charge in [0.2, 0.25) is 0 Å². The maximum atomic E-state index is 11.1. The van der Waals surface area contributed by atoms with Crippen LogP contribution in [-0.4, -0.2) is 34.5 Å². The first-order valence-electron chi connectivity index (χ1n) is 5.91. The minimum absolute atomic E-state index is 0.0313. The lowest BCUT2D eigenvalue weighted by Crippen LogP contribution is -2.08. The van der Waals surface area contributed by atoms with Crippen LogP contribution in [-0.2, 0) is 16.0 Å². The summed E-state index contributed by atoms with van der Waals surface area (Å²) in [6.07, 6.45) is 2.34. The summed E-state index contributed by atoms with van der Waals surface area (Å²) in [7, 11) is 0. The summed E-state index contributed by atoms with van der Waals surface area (Å²) < 4.78 is 4.71. The van der Waals surface area contributed by atoms with Crippen LogP contribution in [0.25, 0.3) is 0 Å². The number of hydrogen-bond donors (Lipinski definition) is 3.